The molecule has 86 valence electrons. The lowest BCUT2D eigenvalue weighted by Crippen LogP contribution is -2.35. The minimum Gasteiger partial charge on any atom is -0.371 e. The van der Waals surface area contributed by atoms with Crippen molar-refractivity contribution in [2.24, 2.45) is 0 Å². The van der Waals surface area contributed by atoms with Crippen LogP contribution >= 0.6 is 0 Å². The van der Waals surface area contributed by atoms with Gasteiger partial charge in [-0.2, -0.15) is 13.2 Å². The van der Waals surface area contributed by atoms with Crippen LogP contribution in [0.3, 0.4) is 0 Å². The standard InChI is InChI=1S/C7H12F5NO/c1-5(6(8)9)13-2-3-14-4-7(10,11)12/h5-6,13H,2-4H2,1H3. The SMILES string of the molecule is CC(NCCOCC(F)(F)F)C(F)F. The summed E-state index contributed by atoms with van der Waals surface area (Å²) in [6.07, 6.45) is -6.90. The van der Waals surface area contributed by atoms with E-state index in [0.29, 0.717) is 0 Å². The van der Waals surface area contributed by atoms with Gasteiger partial charge in [-0.25, -0.2) is 8.78 Å². The predicted octanol–water partition coefficient (Wildman–Crippen LogP) is 1.81. The van der Waals surface area contributed by atoms with Gasteiger partial charge >= 0.3 is 6.18 Å². The Hall–Kier alpha value is -0.430. The third kappa shape index (κ3) is 8.18. The summed E-state index contributed by atoms with van der Waals surface area (Å²) < 4.78 is 62.4. The first-order valence-electron chi connectivity index (χ1n) is 3.99. The number of halogens is 5. The Morgan fingerprint density at radius 2 is 1.86 bits per heavy atom. The third-order valence-electron chi connectivity index (χ3n) is 1.36. The van der Waals surface area contributed by atoms with Crippen LogP contribution in [-0.4, -0.2) is 38.4 Å². The molecule has 0 heterocycles. The Labute approximate surface area is 78.4 Å². The Bertz CT molecular complexity index is 150. The van der Waals surface area contributed by atoms with E-state index in [0.717, 1.165) is 0 Å². The lowest BCUT2D eigenvalue weighted by Gasteiger charge is -2.13. The van der Waals surface area contributed by atoms with E-state index in [-0.39, 0.29) is 13.2 Å². The molecule has 0 radical (unpaired) electrons. The Kier molecular flexibility index (Phi) is 5.94. The zero-order chi connectivity index (χ0) is 11.2. The lowest BCUT2D eigenvalue weighted by molar-refractivity contribution is -0.173. The maximum Gasteiger partial charge on any atom is 0.411 e. The lowest BCUT2D eigenvalue weighted by atomic mass is 10.3. The molecule has 0 amide bonds. The van der Waals surface area contributed by atoms with Crippen LogP contribution in [0.4, 0.5) is 22.0 Å². The zero-order valence-electron chi connectivity index (χ0n) is 7.57. The van der Waals surface area contributed by atoms with Gasteiger partial charge in [0.2, 0.25) is 0 Å². The van der Waals surface area contributed by atoms with Crippen molar-refractivity contribution in [2.75, 3.05) is 19.8 Å². The summed E-state index contributed by atoms with van der Waals surface area (Å²) in [6.45, 7) is -0.371. The van der Waals surface area contributed by atoms with Gasteiger partial charge in [-0.1, -0.05) is 0 Å². The molecule has 0 aliphatic heterocycles. The number of rotatable bonds is 6. The highest BCUT2D eigenvalue weighted by atomic mass is 19.4. The van der Waals surface area contributed by atoms with E-state index in [9.17, 15) is 22.0 Å². The zero-order valence-corrected chi connectivity index (χ0v) is 7.57. The molecular weight excluding hydrogens is 209 g/mol. The Balaban J connectivity index is 3.30. The normalized spacial score (nSPS) is 14.8. The van der Waals surface area contributed by atoms with E-state index in [2.05, 4.69) is 10.1 Å². The highest BCUT2D eigenvalue weighted by Gasteiger charge is 2.27. The van der Waals surface area contributed by atoms with Gasteiger partial charge < -0.3 is 10.1 Å². The van der Waals surface area contributed by atoms with Gasteiger partial charge in [0.05, 0.1) is 12.6 Å². The molecule has 1 N–H and O–H groups in total. The van der Waals surface area contributed by atoms with Crippen LogP contribution in [0.2, 0.25) is 0 Å². The molecular formula is C7H12F5NO. The fraction of sp³-hybridized carbons (Fsp3) is 1.00. The van der Waals surface area contributed by atoms with Crippen molar-refractivity contribution >= 4 is 0 Å². The number of hydrogen-bond donors (Lipinski definition) is 1. The van der Waals surface area contributed by atoms with Crippen LogP contribution in [0, 0.1) is 0 Å². The van der Waals surface area contributed by atoms with E-state index in [1.807, 2.05) is 0 Å². The molecule has 0 aromatic carbocycles. The fourth-order valence-electron chi connectivity index (χ4n) is 0.636. The van der Waals surface area contributed by atoms with Crippen LogP contribution in [0.15, 0.2) is 0 Å². The number of hydrogen-bond acceptors (Lipinski definition) is 2. The average molecular weight is 221 g/mol. The second-order valence-electron chi connectivity index (χ2n) is 2.75. The van der Waals surface area contributed by atoms with Crippen molar-refractivity contribution in [3.05, 3.63) is 0 Å². The summed E-state index contributed by atoms with van der Waals surface area (Å²) in [5, 5.41) is 2.33. The molecule has 0 aliphatic carbocycles. The Morgan fingerprint density at radius 1 is 1.29 bits per heavy atom. The van der Waals surface area contributed by atoms with Crippen molar-refractivity contribution in [3.8, 4) is 0 Å². The molecule has 0 aromatic rings. The quantitative estimate of drug-likeness (QED) is 0.545. The molecule has 0 bridgehead atoms. The smallest absolute Gasteiger partial charge is 0.371 e. The molecule has 2 nitrogen and oxygen atoms in total. The maximum atomic E-state index is 11.8. The molecule has 0 saturated heterocycles. The Morgan fingerprint density at radius 3 is 2.29 bits per heavy atom. The highest BCUT2D eigenvalue weighted by Crippen LogP contribution is 2.13. The van der Waals surface area contributed by atoms with Crippen molar-refractivity contribution in [2.45, 2.75) is 25.6 Å². The molecule has 0 saturated carbocycles. The van der Waals surface area contributed by atoms with Crippen LogP contribution in [-0.2, 0) is 4.74 Å². The van der Waals surface area contributed by atoms with E-state index < -0.39 is 25.3 Å². The van der Waals surface area contributed by atoms with Gasteiger partial charge in [-0.3, -0.25) is 0 Å². The topological polar surface area (TPSA) is 21.3 Å². The number of nitrogens with one attached hydrogen (secondary N) is 1. The van der Waals surface area contributed by atoms with Gasteiger partial charge in [0.15, 0.2) is 0 Å². The second-order valence-corrected chi connectivity index (χ2v) is 2.75. The fourth-order valence-corrected chi connectivity index (χ4v) is 0.636. The van der Waals surface area contributed by atoms with Crippen molar-refractivity contribution in [3.63, 3.8) is 0 Å². The largest absolute Gasteiger partial charge is 0.411 e. The third-order valence-corrected chi connectivity index (χ3v) is 1.36. The first-order chi connectivity index (χ1) is 6.33. The molecule has 0 rings (SSSR count). The monoisotopic (exact) mass is 221 g/mol. The maximum absolute atomic E-state index is 11.8. The summed E-state index contributed by atoms with van der Waals surface area (Å²) in [7, 11) is 0. The molecule has 1 atom stereocenters. The summed E-state index contributed by atoms with van der Waals surface area (Å²) in [5.41, 5.74) is 0. The van der Waals surface area contributed by atoms with Gasteiger partial charge in [0, 0.05) is 6.54 Å². The molecule has 0 spiro atoms. The van der Waals surface area contributed by atoms with Crippen molar-refractivity contribution in [1.82, 2.24) is 5.32 Å². The summed E-state index contributed by atoms with van der Waals surface area (Å²) in [4.78, 5) is 0. The first kappa shape index (κ1) is 13.6. The van der Waals surface area contributed by atoms with Crippen LogP contribution < -0.4 is 5.32 Å². The van der Waals surface area contributed by atoms with E-state index >= 15 is 0 Å². The minimum atomic E-state index is -4.37. The molecule has 0 aromatic heterocycles. The van der Waals surface area contributed by atoms with Crippen molar-refractivity contribution in [1.29, 1.82) is 0 Å². The molecule has 0 fully saturated rings. The van der Waals surface area contributed by atoms with Crippen LogP contribution in [0.1, 0.15) is 6.92 Å². The highest BCUT2D eigenvalue weighted by molar-refractivity contribution is 4.61. The van der Waals surface area contributed by atoms with Gasteiger partial charge in [0.1, 0.15) is 6.61 Å². The minimum absolute atomic E-state index is 0.0262. The first-order valence-corrected chi connectivity index (χ1v) is 3.99. The van der Waals surface area contributed by atoms with Gasteiger partial charge in [-0.05, 0) is 6.92 Å². The second kappa shape index (κ2) is 6.13. The van der Waals surface area contributed by atoms with Gasteiger partial charge in [0.25, 0.3) is 6.43 Å². The molecule has 0 aliphatic rings. The summed E-state index contributed by atoms with van der Waals surface area (Å²) in [6, 6.07) is -1.04. The van der Waals surface area contributed by atoms with Crippen molar-refractivity contribution < 1.29 is 26.7 Å². The van der Waals surface area contributed by atoms with Crippen LogP contribution in [0.5, 0.6) is 0 Å². The van der Waals surface area contributed by atoms with Gasteiger partial charge in [-0.15, -0.1) is 0 Å². The summed E-state index contributed by atoms with van der Waals surface area (Å²) in [5.74, 6) is 0. The van der Waals surface area contributed by atoms with E-state index in [1.54, 1.807) is 0 Å². The predicted molar refractivity (Wildman–Crippen MR) is 40.3 cm³/mol. The molecule has 7 heteroatoms. The number of alkyl halides is 5. The summed E-state index contributed by atoms with van der Waals surface area (Å²) >= 11 is 0. The molecule has 1 unspecified atom stereocenters. The van der Waals surface area contributed by atoms with E-state index in [4.69, 9.17) is 0 Å². The van der Waals surface area contributed by atoms with E-state index in [1.165, 1.54) is 6.92 Å². The molecule has 14 heavy (non-hydrogen) atoms. The number of ether oxygens (including phenoxy) is 1. The average Bonchev–Trinajstić information content (AvgIpc) is 2.01. The van der Waals surface area contributed by atoms with Crippen LogP contribution in [0.25, 0.3) is 0 Å².